The molecule has 7 nitrogen and oxygen atoms in total. The van der Waals surface area contributed by atoms with Crippen LogP contribution >= 0.6 is 0 Å². The minimum absolute atomic E-state index is 0.124. The molecule has 3 rings (SSSR count). The predicted octanol–water partition coefficient (Wildman–Crippen LogP) is 3.07. The van der Waals surface area contributed by atoms with Crippen molar-refractivity contribution in [3.63, 3.8) is 0 Å². The molecule has 0 aliphatic heterocycles. The summed E-state index contributed by atoms with van der Waals surface area (Å²) in [6.07, 6.45) is -1.44. The number of aromatic nitrogens is 4. The van der Waals surface area contributed by atoms with E-state index in [0.717, 1.165) is 23.5 Å². The molecule has 2 N–H and O–H groups in total. The van der Waals surface area contributed by atoms with Gasteiger partial charge in [-0.25, -0.2) is 15.0 Å². The molecule has 0 bridgehead atoms. The molecular formula is C20H21F3N6O. The van der Waals surface area contributed by atoms with Crippen molar-refractivity contribution < 1.29 is 18.0 Å². The van der Waals surface area contributed by atoms with Crippen molar-refractivity contribution in [2.75, 3.05) is 18.4 Å². The summed E-state index contributed by atoms with van der Waals surface area (Å²) < 4.78 is 40.1. The number of hydrogen-bond acceptors (Lipinski definition) is 5. The fourth-order valence-electron chi connectivity index (χ4n) is 2.80. The highest BCUT2D eigenvalue weighted by atomic mass is 19.4. The zero-order valence-electron chi connectivity index (χ0n) is 16.5. The minimum atomic E-state index is -4.43. The zero-order chi connectivity index (χ0) is 21.7. The third-order valence-corrected chi connectivity index (χ3v) is 4.52. The average Bonchev–Trinajstić information content (AvgIpc) is 3.04. The van der Waals surface area contributed by atoms with Crippen LogP contribution in [0.15, 0.2) is 43.0 Å². The van der Waals surface area contributed by atoms with Crippen LogP contribution in [0.4, 0.5) is 19.0 Å². The van der Waals surface area contributed by atoms with Crippen LogP contribution in [-0.4, -0.2) is 38.5 Å². The Morgan fingerprint density at radius 2 is 1.90 bits per heavy atom. The second-order valence-corrected chi connectivity index (χ2v) is 6.70. The molecule has 0 fully saturated rings. The zero-order valence-corrected chi connectivity index (χ0v) is 16.5. The second-order valence-electron chi connectivity index (χ2n) is 6.70. The molecule has 0 unspecified atom stereocenters. The number of anilines is 1. The molecule has 158 valence electrons. The fourth-order valence-corrected chi connectivity index (χ4v) is 2.80. The molecule has 0 saturated heterocycles. The Labute approximate surface area is 171 Å². The van der Waals surface area contributed by atoms with Crippen LogP contribution in [0.5, 0.6) is 0 Å². The Balaban J connectivity index is 1.49. The van der Waals surface area contributed by atoms with Crippen LogP contribution in [-0.2, 0) is 17.4 Å². The van der Waals surface area contributed by atoms with E-state index in [4.69, 9.17) is 0 Å². The first kappa shape index (κ1) is 21.3. The van der Waals surface area contributed by atoms with Crippen molar-refractivity contribution in [3.05, 3.63) is 65.5 Å². The van der Waals surface area contributed by atoms with Gasteiger partial charge in [0.25, 0.3) is 0 Å². The highest BCUT2D eigenvalue weighted by molar-refractivity contribution is 5.78. The summed E-state index contributed by atoms with van der Waals surface area (Å²) in [4.78, 5) is 24.6. The number of carbonyl (C=O) groups excluding carboxylic acids is 1. The lowest BCUT2D eigenvalue weighted by Gasteiger charge is -2.10. The topological polar surface area (TPSA) is 84.7 Å². The molecule has 0 saturated carbocycles. The first-order valence-corrected chi connectivity index (χ1v) is 9.23. The number of aryl methyl sites for hydroxylation is 1. The van der Waals surface area contributed by atoms with Crippen molar-refractivity contribution in [1.82, 2.24) is 24.8 Å². The second kappa shape index (κ2) is 8.93. The number of alkyl halides is 3. The van der Waals surface area contributed by atoms with Crippen LogP contribution in [0.3, 0.4) is 0 Å². The van der Waals surface area contributed by atoms with Crippen molar-refractivity contribution >= 4 is 11.7 Å². The van der Waals surface area contributed by atoms with Gasteiger partial charge in [0, 0.05) is 24.8 Å². The van der Waals surface area contributed by atoms with E-state index >= 15 is 0 Å². The number of amides is 1. The molecule has 0 spiro atoms. The van der Waals surface area contributed by atoms with Gasteiger partial charge in [-0.05, 0) is 25.5 Å². The smallest absolute Gasteiger partial charge is 0.368 e. The van der Waals surface area contributed by atoms with Gasteiger partial charge < -0.3 is 10.6 Å². The minimum Gasteiger partial charge on any atom is -0.368 e. The van der Waals surface area contributed by atoms with Crippen molar-refractivity contribution in [2.45, 2.75) is 26.4 Å². The summed E-state index contributed by atoms with van der Waals surface area (Å²) in [7, 11) is 0. The number of carbonyl (C=O) groups is 1. The van der Waals surface area contributed by atoms with E-state index in [1.165, 1.54) is 18.5 Å². The van der Waals surface area contributed by atoms with Crippen LogP contribution < -0.4 is 10.6 Å². The molecule has 0 radical (unpaired) electrons. The maximum atomic E-state index is 12.8. The fraction of sp³-hybridized carbons (Fsp3) is 0.300. The summed E-state index contributed by atoms with van der Waals surface area (Å²) in [6, 6.07) is 6.52. The molecule has 3 aromatic rings. The van der Waals surface area contributed by atoms with Gasteiger partial charge in [-0.15, -0.1) is 0 Å². The van der Waals surface area contributed by atoms with Crippen LogP contribution in [0, 0.1) is 13.8 Å². The number of nitrogens with one attached hydrogen (secondary N) is 2. The lowest BCUT2D eigenvalue weighted by Crippen LogP contribution is -2.30. The average molecular weight is 418 g/mol. The normalized spacial score (nSPS) is 11.4. The van der Waals surface area contributed by atoms with Gasteiger partial charge >= 0.3 is 6.18 Å². The van der Waals surface area contributed by atoms with Crippen molar-refractivity contribution in [2.24, 2.45) is 0 Å². The van der Waals surface area contributed by atoms with Crippen LogP contribution in [0.25, 0.3) is 5.82 Å². The first-order valence-electron chi connectivity index (χ1n) is 9.23. The number of hydrogen-bond donors (Lipinski definition) is 2. The van der Waals surface area contributed by atoms with E-state index in [0.29, 0.717) is 30.3 Å². The summed E-state index contributed by atoms with van der Waals surface area (Å²) in [5.41, 5.74) is 1.42. The maximum Gasteiger partial charge on any atom is 0.416 e. The van der Waals surface area contributed by atoms with Crippen molar-refractivity contribution in [3.8, 4) is 5.82 Å². The molecule has 1 aromatic carbocycles. The third-order valence-electron chi connectivity index (χ3n) is 4.52. The van der Waals surface area contributed by atoms with E-state index < -0.39 is 11.7 Å². The molecule has 2 aromatic heterocycles. The van der Waals surface area contributed by atoms with Gasteiger partial charge in [-0.1, -0.05) is 18.2 Å². The molecule has 10 heteroatoms. The van der Waals surface area contributed by atoms with Gasteiger partial charge in [0.2, 0.25) is 5.91 Å². The SMILES string of the molecule is Cc1ncn(-c2cc(NCCNC(=O)Cc3cccc(C(F)(F)F)c3)ncn2)c1C. The molecule has 1 amide bonds. The Morgan fingerprint density at radius 1 is 1.10 bits per heavy atom. The van der Waals surface area contributed by atoms with Gasteiger partial charge in [0.05, 0.1) is 17.7 Å². The highest BCUT2D eigenvalue weighted by Gasteiger charge is 2.30. The number of nitrogens with zero attached hydrogens (tertiary/aromatic N) is 4. The number of halogens is 3. The Hall–Kier alpha value is -3.43. The first-order chi connectivity index (χ1) is 14.2. The summed E-state index contributed by atoms with van der Waals surface area (Å²) in [5, 5.41) is 5.76. The highest BCUT2D eigenvalue weighted by Crippen LogP contribution is 2.29. The quantitative estimate of drug-likeness (QED) is 0.576. The molecule has 2 heterocycles. The number of imidazole rings is 1. The standard InChI is InChI=1S/C20H21F3N6O/c1-13-14(2)29(12-28-13)18-10-17(26-11-27-18)24-6-7-25-19(30)9-15-4-3-5-16(8-15)20(21,22)23/h3-5,8,10-12H,6-7,9H2,1-2H3,(H,25,30)(H,24,26,27). The van der Waals surface area contributed by atoms with E-state index in [2.05, 4.69) is 25.6 Å². The largest absolute Gasteiger partial charge is 0.416 e. The predicted molar refractivity (Wildman–Crippen MR) is 105 cm³/mol. The van der Waals surface area contributed by atoms with E-state index in [1.54, 1.807) is 12.4 Å². The van der Waals surface area contributed by atoms with Crippen molar-refractivity contribution in [1.29, 1.82) is 0 Å². The van der Waals surface area contributed by atoms with Gasteiger partial charge in [0.15, 0.2) is 0 Å². The van der Waals surface area contributed by atoms with Gasteiger partial charge in [0.1, 0.15) is 24.3 Å². The number of rotatable bonds is 7. The van der Waals surface area contributed by atoms with E-state index in [9.17, 15) is 18.0 Å². The lowest BCUT2D eigenvalue weighted by molar-refractivity contribution is -0.137. The molecule has 30 heavy (non-hydrogen) atoms. The molecule has 0 aliphatic carbocycles. The Bertz CT molecular complexity index is 1030. The van der Waals surface area contributed by atoms with E-state index in [1.807, 2.05) is 18.4 Å². The summed E-state index contributed by atoms with van der Waals surface area (Å²) in [5.74, 6) is 0.890. The molecular weight excluding hydrogens is 397 g/mol. The maximum absolute atomic E-state index is 12.8. The monoisotopic (exact) mass is 418 g/mol. The Morgan fingerprint density at radius 3 is 2.60 bits per heavy atom. The van der Waals surface area contributed by atoms with Gasteiger partial charge in [-0.3, -0.25) is 9.36 Å². The number of benzene rings is 1. The third kappa shape index (κ3) is 5.34. The van der Waals surface area contributed by atoms with Crippen LogP contribution in [0.2, 0.25) is 0 Å². The van der Waals surface area contributed by atoms with E-state index in [-0.39, 0.29) is 12.3 Å². The molecule has 0 atom stereocenters. The lowest BCUT2D eigenvalue weighted by atomic mass is 10.1. The molecule has 0 aliphatic rings. The van der Waals surface area contributed by atoms with Gasteiger partial charge in [-0.2, -0.15) is 13.2 Å². The Kier molecular flexibility index (Phi) is 6.34. The van der Waals surface area contributed by atoms with Crippen LogP contribution in [0.1, 0.15) is 22.5 Å². The summed E-state index contributed by atoms with van der Waals surface area (Å²) >= 11 is 0. The summed E-state index contributed by atoms with van der Waals surface area (Å²) in [6.45, 7) is 4.54.